The molecule has 0 unspecified atom stereocenters. The van der Waals surface area contributed by atoms with Gasteiger partial charge in [0.25, 0.3) is 0 Å². The smallest absolute Gasteiger partial charge is 0.338 e. The van der Waals surface area contributed by atoms with E-state index in [1.807, 2.05) is 28.7 Å². The van der Waals surface area contributed by atoms with Gasteiger partial charge in [-0.1, -0.05) is 0 Å². The number of esters is 1. The van der Waals surface area contributed by atoms with Gasteiger partial charge in [-0.25, -0.2) is 4.79 Å². The summed E-state index contributed by atoms with van der Waals surface area (Å²) in [4.78, 5) is 12.0. The van der Waals surface area contributed by atoms with Crippen LogP contribution >= 0.6 is 35.2 Å². The van der Waals surface area contributed by atoms with Crippen LogP contribution in [0.4, 0.5) is 0 Å². The molecule has 0 spiro atoms. The summed E-state index contributed by atoms with van der Waals surface area (Å²) in [6.07, 6.45) is 0. The van der Waals surface area contributed by atoms with E-state index >= 15 is 0 Å². The van der Waals surface area contributed by atoms with E-state index < -0.39 is 5.97 Å². The lowest BCUT2D eigenvalue weighted by atomic mass is 10.1. The lowest BCUT2D eigenvalue weighted by molar-refractivity contribution is 0.0526. The number of nitrogens with zero attached hydrogens (tertiary/aromatic N) is 1. The summed E-state index contributed by atoms with van der Waals surface area (Å²) in [5, 5.41) is 8.84. The van der Waals surface area contributed by atoms with Crippen molar-refractivity contribution < 1.29 is 9.53 Å². The Hall–Kier alpha value is -0.740. The molecule has 0 aliphatic heterocycles. The highest BCUT2D eigenvalue weighted by Crippen LogP contribution is 2.22. The van der Waals surface area contributed by atoms with Crippen molar-refractivity contribution in [2.45, 2.75) is 11.8 Å². The van der Waals surface area contributed by atoms with Gasteiger partial charge in [-0.2, -0.15) is 5.26 Å². The van der Waals surface area contributed by atoms with Gasteiger partial charge in [-0.15, -0.1) is 12.6 Å². The molecule has 1 aromatic rings. The van der Waals surface area contributed by atoms with Gasteiger partial charge < -0.3 is 4.74 Å². The fraction of sp³-hybridized carbons (Fsp3) is 0.200. The van der Waals surface area contributed by atoms with Crippen LogP contribution in [0.2, 0.25) is 0 Å². The van der Waals surface area contributed by atoms with Gasteiger partial charge in [0.2, 0.25) is 0 Å². The highest BCUT2D eigenvalue weighted by Gasteiger charge is 2.12. The van der Waals surface area contributed by atoms with Gasteiger partial charge in [0.05, 0.1) is 17.7 Å². The summed E-state index contributed by atoms with van der Waals surface area (Å²) >= 11 is 6.20. The first-order valence-corrected chi connectivity index (χ1v) is 5.72. The van der Waals surface area contributed by atoms with Gasteiger partial charge in [0, 0.05) is 8.47 Å². The van der Waals surface area contributed by atoms with Crippen LogP contribution in [0.5, 0.6) is 0 Å². The molecule has 0 radical (unpaired) electrons. The molecule has 0 fully saturated rings. The van der Waals surface area contributed by atoms with E-state index in [1.165, 1.54) is 6.07 Å². The van der Waals surface area contributed by atoms with Crippen molar-refractivity contribution in [3.8, 4) is 6.07 Å². The molecule has 5 heteroatoms. The average Bonchev–Trinajstić information content (AvgIpc) is 2.22. The number of carbonyl (C=O) groups excluding carboxylic acids is 1. The summed E-state index contributed by atoms with van der Waals surface area (Å²) in [7, 11) is 0. The molecule has 3 nitrogen and oxygen atoms in total. The fourth-order valence-corrected chi connectivity index (χ4v) is 1.71. The first-order chi connectivity index (χ1) is 7.10. The van der Waals surface area contributed by atoms with Crippen LogP contribution in [-0.4, -0.2) is 12.6 Å². The van der Waals surface area contributed by atoms with E-state index in [0.717, 1.165) is 3.57 Å². The molecule has 78 valence electrons. The number of carbonyl (C=O) groups is 1. The quantitative estimate of drug-likeness (QED) is 0.514. The Kier molecular flexibility index (Phi) is 4.42. The molecular formula is C10H8INO2S. The monoisotopic (exact) mass is 333 g/mol. The number of nitriles is 1. The zero-order chi connectivity index (χ0) is 11.4. The Labute approximate surface area is 107 Å². The topological polar surface area (TPSA) is 50.1 Å². The third-order valence-corrected chi connectivity index (χ3v) is 3.63. The van der Waals surface area contributed by atoms with Crippen LogP contribution in [0.3, 0.4) is 0 Å². The molecule has 1 rings (SSSR count). The molecule has 0 bridgehead atoms. The van der Waals surface area contributed by atoms with Crippen LogP contribution < -0.4 is 0 Å². The van der Waals surface area contributed by atoms with Gasteiger partial charge in [0.15, 0.2) is 0 Å². The lowest BCUT2D eigenvalue weighted by Crippen LogP contribution is -2.05. The number of hydrogen-bond donors (Lipinski definition) is 1. The molecule has 0 aliphatic rings. The van der Waals surface area contributed by atoms with Crippen molar-refractivity contribution in [1.82, 2.24) is 0 Å². The first kappa shape index (κ1) is 12.3. The molecular weight excluding hydrogens is 325 g/mol. The van der Waals surface area contributed by atoms with Crippen LogP contribution in [0.1, 0.15) is 22.8 Å². The maximum atomic E-state index is 11.4. The number of benzene rings is 1. The summed E-state index contributed by atoms with van der Waals surface area (Å²) in [6, 6.07) is 5.12. The Balaban J connectivity index is 3.18. The second-order valence-corrected chi connectivity index (χ2v) is 4.25. The molecule has 0 aromatic heterocycles. The van der Waals surface area contributed by atoms with Crippen molar-refractivity contribution in [1.29, 1.82) is 5.26 Å². The number of hydrogen-bond acceptors (Lipinski definition) is 4. The van der Waals surface area contributed by atoms with Crippen molar-refractivity contribution in [2.75, 3.05) is 6.61 Å². The van der Waals surface area contributed by atoms with E-state index in [1.54, 1.807) is 13.0 Å². The van der Waals surface area contributed by atoms with E-state index in [2.05, 4.69) is 12.6 Å². The highest BCUT2D eigenvalue weighted by atomic mass is 127. The Morgan fingerprint density at radius 3 is 2.87 bits per heavy atom. The Morgan fingerprint density at radius 2 is 2.33 bits per heavy atom. The second-order valence-electron chi connectivity index (χ2n) is 2.69. The summed E-state index contributed by atoms with van der Waals surface area (Å²) in [5.41, 5.74) is 0.796. The maximum Gasteiger partial charge on any atom is 0.338 e. The standard InChI is InChI=1S/C10H8INO2S/c1-2-14-10(13)6-3-7(5-12)9(11)8(15)4-6/h3-4,15H,2H2,1H3. The number of thiol groups is 1. The van der Waals surface area contributed by atoms with Crippen molar-refractivity contribution in [2.24, 2.45) is 0 Å². The predicted octanol–water partition coefficient (Wildman–Crippen LogP) is 2.63. The minimum Gasteiger partial charge on any atom is -0.462 e. The molecule has 15 heavy (non-hydrogen) atoms. The van der Waals surface area contributed by atoms with Crippen molar-refractivity contribution in [3.05, 3.63) is 26.8 Å². The Bertz CT molecular complexity index is 440. The summed E-state index contributed by atoms with van der Waals surface area (Å²) in [5.74, 6) is -0.430. The lowest BCUT2D eigenvalue weighted by Gasteiger charge is -2.05. The van der Waals surface area contributed by atoms with E-state index in [9.17, 15) is 4.79 Å². The third-order valence-electron chi connectivity index (χ3n) is 1.68. The highest BCUT2D eigenvalue weighted by molar-refractivity contribution is 14.1. The van der Waals surface area contributed by atoms with E-state index in [0.29, 0.717) is 22.6 Å². The molecule has 0 N–H and O–H groups in total. The van der Waals surface area contributed by atoms with E-state index in [-0.39, 0.29) is 0 Å². The average molecular weight is 333 g/mol. The zero-order valence-corrected chi connectivity index (χ0v) is 11.0. The van der Waals surface area contributed by atoms with Crippen molar-refractivity contribution >= 4 is 41.2 Å². The number of ether oxygens (including phenoxy) is 1. The van der Waals surface area contributed by atoms with Crippen LogP contribution in [0.25, 0.3) is 0 Å². The third kappa shape index (κ3) is 2.86. The van der Waals surface area contributed by atoms with Crippen LogP contribution in [-0.2, 0) is 4.74 Å². The zero-order valence-electron chi connectivity index (χ0n) is 7.95. The largest absolute Gasteiger partial charge is 0.462 e. The van der Waals surface area contributed by atoms with Gasteiger partial charge in [-0.3, -0.25) is 0 Å². The van der Waals surface area contributed by atoms with Crippen LogP contribution in [0.15, 0.2) is 17.0 Å². The maximum absolute atomic E-state index is 11.4. The second kappa shape index (κ2) is 5.37. The summed E-state index contributed by atoms with van der Waals surface area (Å²) < 4.78 is 5.58. The SMILES string of the molecule is CCOC(=O)c1cc(S)c(I)c(C#N)c1. The molecule has 1 aromatic carbocycles. The molecule has 0 saturated carbocycles. The number of rotatable bonds is 2. The van der Waals surface area contributed by atoms with Gasteiger partial charge in [-0.05, 0) is 41.6 Å². The normalized spacial score (nSPS) is 9.47. The minimum absolute atomic E-state index is 0.314. The van der Waals surface area contributed by atoms with Crippen LogP contribution in [0, 0.1) is 14.9 Å². The molecule has 0 saturated heterocycles. The van der Waals surface area contributed by atoms with E-state index in [4.69, 9.17) is 10.00 Å². The first-order valence-electron chi connectivity index (χ1n) is 4.19. The van der Waals surface area contributed by atoms with Gasteiger partial charge in [0.1, 0.15) is 6.07 Å². The van der Waals surface area contributed by atoms with Gasteiger partial charge >= 0.3 is 5.97 Å². The Morgan fingerprint density at radius 1 is 1.67 bits per heavy atom. The summed E-state index contributed by atoms with van der Waals surface area (Å²) in [6.45, 7) is 2.05. The molecule has 0 heterocycles. The van der Waals surface area contributed by atoms with Crippen molar-refractivity contribution in [3.63, 3.8) is 0 Å². The molecule has 0 amide bonds. The fourth-order valence-electron chi connectivity index (χ4n) is 1.02. The molecule has 0 atom stereocenters. The number of halogens is 1. The predicted molar refractivity (Wildman–Crippen MR) is 67.1 cm³/mol. The molecule has 0 aliphatic carbocycles. The minimum atomic E-state index is -0.430.